The van der Waals surface area contributed by atoms with Crippen LogP contribution in [0, 0.1) is 17.2 Å². The highest BCUT2D eigenvalue weighted by Crippen LogP contribution is 2.31. The van der Waals surface area contributed by atoms with Crippen LogP contribution in [0.5, 0.6) is 0 Å². The predicted octanol–water partition coefficient (Wildman–Crippen LogP) is 3.56. The van der Waals surface area contributed by atoms with Crippen LogP contribution in [0.15, 0.2) is 0 Å². The van der Waals surface area contributed by atoms with Crippen molar-refractivity contribution in [2.45, 2.75) is 84.3 Å². The van der Waals surface area contributed by atoms with E-state index < -0.39 is 0 Å². The van der Waals surface area contributed by atoms with Gasteiger partial charge in [0, 0.05) is 12.1 Å². The van der Waals surface area contributed by atoms with Crippen LogP contribution in [0.25, 0.3) is 0 Å². The van der Waals surface area contributed by atoms with Crippen molar-refractivity contribution in [1.29, 1.82) is 5.26 Å². The number of hydrogen-bond acceptors (Lipinski definition) is 3. The molecule has 0 radical (unpaired) electrons. The molecule has 1 fully saturated rings. The van der Waals surface area contributed by atoms with Crippen molar-refractivity contribution < 1.29 is 0 Å². The number of nitrogens with zero attached hydrogens (tertiary/aromatic N) is 2. The highest BCUT2D eigenvalue weighted by Gasteiger charge is 2.35. The minimum Gasteiger partial charge on any atom is -0.300 e. The molecule has 0 spiro atoms. The third-order valence-corrected chi connectivity index (χ3v) is 4.26. The number of nitrogens with one attached hydrogen (secondary N) is 1. The molecule has 116 valence electrons. The summed E-state index contributed by atoms with van der Waals surface area (Å²) in [5.41, 5.74) is -0.388. The van der Waals surface area contributed by atoms with E-state index in [0.29, 0.717) is 6.04 Å². The second kappa shape index (κ2) is 8.00. The fourth-order valence-electron chi connectivity index (χ4n) is 2.84. The Bertz CT molecular complexity index is 317. The average Bonchev–Trinajstić information content (AvgIpc) is 3.21. The van der Waals surface area contributed by atoms with Gasteiger partial charge >= 0.3 is 0 Å². The molecule has 1 aliphatic carbocycles. The standard InChI is InChI=1S/C17H33N3/c1-6-10-19-17(5,13-18)12-15(4)20(16-7-8-16)11-9-14(2)3/h14-16,19H,6-12H2,1-5H3. The monoisotopic (exact) mass is 279 g/mol. The summed E-state index contributed by atoms with van der Waals surface area (Å²) in [6.07, 6.45) is 5.93. The third kappa shape index (κ3) is 5.81. The number of nitriles is 1. The molecule has 0 saturated heterocycles. The van der Waals surface area contributed by atoms with E-state index in [1.807, 2.05) is 6.92 Å². The average molecular weight is 279 g/mol. The van der Waals surface area contributed by atoms with E-state index in [9.17, 15) is 5.26 Å². The maximum atomic E-state index is 9.48. The summed E-state index contributed by atoms with van der Waals surface area (Å²) < 4.78 is 0. The Labute approximate surface area is 125 Å². The van der Waals surface area contributed by atoms with Gasteiger partial charge < -0.3 is 0 Å². The molecule has 1 saturated carbocycles. The van der Waals surface area contributed by atoms with Gasteiger partial charge in [0.25, 0.3) is 0 Å². The van der Waals surface area contributed by atoms with Gasteiger partial charge in [0.05, 0.1) is 6.07 Å². The maximum absolute atomic E-state index is 9.48. The molecule has 0 aromatic rings. The Morgan fingerprint density at radius 2 is 2.00 bits per heavy atom. The van der Waals surface area contributed by atoms with Crippen LogP contribution in [0.2, 0.25) is 0 Å². The van der Waals surface area contributed by atoms with Crippen molar-refractivity contribution in [2.24, 2.45) is 5.92 Å². The molecule has 0 heterocycles. The van der Waals surface area contributed by atoms with Crippen molar-refractivity contribution >= 4 is 0 Å². The van der Waals surface area contributed by atoms with Crippen molar-refractivity contribution in [2.75, 3.05) is 13.1 Å². The first-order chi connectivity index (χ1) is 9.41. The van der Waals surface area contributed by atoms with E-state index in [2.05, 4.69) is 44.0 Å². The zero-order chi connectivity index (χ0) is 15.2. The second-order valence-corrected chi connectivity index (χ2v) is 7.08. The lowest BCUT2D eigenvalue weighted by Gasteiger charge is -2.34. The number of hydrogen-bond donors (Lipinski definition) is 1. The van der Waals surface area contributed by atoms with Gasteiger partial charge in [0.2, 0.25) is 0 Å². The molecule has 1 N–H and O–H groups in total. The molecule has 0 aromatic carbocycles. The fraction of sp³-hybridized carbons (Fsp3) is 0.941. The highest BCUT2D eigenvalue weighted by molar-refractivity contribution is 5.06. The Balaban J connectivity index is 2.55. The molecule has 0 aliphatic heterocycles. The summed E-state index contributed by atoms with van der Waals surface area (Å²) in [7, 11) is 0. The van der Waals surface area contributed by atoms with Gasteiger partial charge in [0.15, 0.2) is 0 Å². The molecule has 1 rings (SSSR count). The zero-order valence-corrected chi connectivity index (χ0v) is 14.1. The summed E-state index contributed by atoms with van der Waals surface area (Å²) in [5.74, 6) is 0.754. The molecule has 0 amide bonds. The van der Waals surface area contributed by atoms with Crippen LogP contribution < -0.4 is 5.32 Å². The molecule has 1 aliphatic rings. The second-order valence-electron chi connectivity index (χ2n) is 7.08. The number of rotatable bonds is 10. The Kier molecular flexibility index (Phi) is 6.99. The molecule has 0 aromatic heterocycles. The summed E-state index contributed by atoms with van der Waals surface area (Å²) >= 11 is 0. The van der Waals surface area contributed by atoms with E-state index in [1.54, 1.807) is 0 Å². The SMILES string of the molecule is CCCNC(C)(C#N)CC(C)N(CCC(C)C)C1CC1. The van der Waals surface area contributed by atoms with Gasteiger partial charge in [-0.1, -0.05) is 20.8 Å². The lowest BCUT2D eigenvalue weighted by atomic mass is 9.93. The van der Waals surface area contributed by atoms with Crippen LogP contribution in [-0.2, 0) is 0 Å². The van der Waals surface area contributed by atoms with Gasteiger partial charge in [-0.2, -0.15) is 5.26 Å². The van der Waals surface area contributed by atoms with Crippen LogP contribution in [0.3, 0.4) is 0 Å². The van der Waals surface area contributed by atoms with E-state index in [1.165, 1.54) is 25.8 Å². The lowest BCUT2D eigenvalue weighted by molar-refractivity contribution is 0.159. The van der Waals surface area contributed by atoms with Gasteiger partial charge in [-0.05, 0) is 65.0 Å². The maximum Gasteiger partial charge on any atom is 0.105 e. The first-order valence-corrected chi connectivity index (χ1v) is 8.34. The zero-order valence-electron chi connectivity index (χ0n) is 14.1. The molecule has 3 heteroatoms. The Morgan fingerprint density at radius 3 is 2.45 bits per heavy atom. The minimum atomic E-state index is -0.388. The highest BCUT2D eigenvalue weighted by atomic mass is 15.2. The summed E-state index contributed by atoms with van der Waals surface area (Å²) in [5, 5.41) is 12.9. The predicted molar refractivity (Wildman–Crippen MR) is 85.6 cm³/mol. The van der Waals surface area contributed by atoms with E-state index in [-0.39, 0.29) is 5.54 Å². The van der Waals surface area contributed by atoms with Crippen LogP contribution in [0.4, 0.5) is 0 Å². The van der Waals surface area contributed by atoms with Crippen molar-refractivity contribution in [1.82, 2.24) is 10.2 Å². The van der Waals surface area contributed by atoms with Crippen molar-refractivity contribution in [3.8, 4) is 6.07 Å². The van der Waals surface area contributed by atoms with Crippen LogP contribution in [-0.4, -0.2) is 35.6 Å². The Morgan fingerprint density at radius 1 is 1.35 bits per heavy atom. The van der Waals surface area contributed by atoms with Gasteiger partial charge in [-0.3, -0.25) is 10.2 Å². The van der Waals surface area contributed by atoms with Gasteiger partial charge in [0.1, 0.15) is 5.54 Å². The first-order valence-electron chi connectivity index (χ1n) is 8.34. The molecule has 20 heavy (non-hydrogen) atoms. The smallest absolute Gasteiger partial charge is 0.105 e. The van der Waals surface area contributed by atoms with Gasteiger partial charge in [-0.25, -0.2) is 0 Å². The summed E-state index contributed by atoms with van der Waals surface area (Å²) in [6, 6.07) is 3.74. The molecular formula is C17H33N3. The molecule has 2 unspecified atom stereocenters. The molecule has 3 nitrogen and oxygen atoms in total. The van der Waals surface area contributed by atoms with Crippen LogP contribution >= 0.6 is 0 Å². The Hall–Kier alpha value is -0.590. The first kappa shape index (κ1) is 17.5. The molecular weight excluding hydrogens is 246 g/mol. The lowest BCUT2D eigenvalue weighted by Crippen LogP contribution is -2.48. The molecule has 2 atom stereocenters. The van der Waals surface area contributed by atoms with E-state index in [4.69, 9.17) is 0 Å². The quantitative estimate of drug-likeness (QED) is 0.664. The summed E-state index contributed by atoms with van der Waals surface area (Å²) in [6.45, 7) is 13.2. The minimum absolute atomic E-state index is 0.388. The van der Waals surface area contributed by atoms with Gasteiger partial charge in [-0.15, -0.1) is 0 Å². The molecule has 0 bridgehead atoms. The van der Waals surface area contributed by atoms with Crippen molar-refractivity contribution in [3.05, 3.63) is 0 Å². The van der Waals surface area contributed by atoms with Crippen LogP contribution in [0.1, 0.15) is 66.7 Å². The normalized spacial score (nSPS) is 19.9. The van der Waals surface area contributed by atoms with E-state index in [0.717, 1.165) is 31.3 Å². The summed E-state index contributed by atoms with van der Waals surface area (Å²) in [4.78, 5) is 2.64. The third-order valence-electron chi connectivity index (χ3n) is 4.26. The fourth-order valence-corrected chi connectivity index (χ4v) is 2.84. The topological polar surface area (TPSA) is 39.1 Å². The largest absolute Gasteiger partial charge is 0.300 e. The van der Waals surface area contributed by atoms with Crippen molar-refractivity contribution in [3.63, 3.8) is 0 Å². The van der Waals surface area contributed by atoms with E-state index >= 15 is 0 Å².